The van der Waals surface area contributed by atoms with Gasteiger partial charge in [0, 0.05) is 16.8 Å². The minimum Gasteiger partial charge on any atom is -0.233 e. The number of halogens is 4. The summed E-state index contributed by atoms with van der Waals surface area (Å²) in [5, 5.41) is 0.755. The first-order valence-electron chi connectivity index (χ1n) is 7.29. The van der Waals surface area contributed by atoms with Gasteiger partial charge in [0.25, 0.3) is 0 Å². The van der Waals surface area contributed by atoms with E-state index in [9.17, 15) is 17.2 Å². The van der Waals surface area contributed by atoms with E-state index in [4.69, 9.17) is 23.2 Å². The Kier molecular flexibility index (Phi) is 4.81. The van der Waals surface area contributed by atoms with Gasteiger partial charge in [0.05, 0.1) is 16.3 Å². The number of benzene rings is 2. The van der Waals surface area contributed by atoms with Gasteiger partial charge in [0.1, 0.15) is 5.69 Å². The fourth-order valence-corrected chi connectivity index (χ4v) is 3.23. The topological polar surface area (TPSA) is 52.0 Å². The maximum absolute atomic E-state index is 13.6. The van der Waals surface area contributed by atoms with E-state index < -0.39 is 20.9 Å². The van der Waals surface area contributed by atoms with Crippen LogP contribution in [0.25, 0.3) is 16.9 Å². The van der Waals surface area contributed by atoms with E-state index in [1.165, 1.54) is 35.0 Å². The molecule has 0 atom stereocenters. The molecule has 0 aliphatic carbocycles. The summed E-state index contributed by atoms with van der Waals surface area (Å²) in [6.45, 7) is 0. The summed E-state index contributed by atoms with van der Waals surface area (Å²) in [6.07, 6.45) is 1.08. The van der Waals surface area contributed by atoms with Crippen LogP contribution in [0.3, 0.4) is 0 Å². The molecule has 0 spiro atoms. The van der Waals surface area contributed by atoms with E-state index in [0.29, 0.717) is 22.0 Å². The lowest BCUT2D eigenvalue weighted by Gasteiger charge is -2.09. The Morgan fingerprint density at radius 1 is 1.04 bits per heavy atom. The van der Waals surface area contributed by atoms with Crippen LogP contribution in [0.1, 0.15) is 5.69 Å². The second kappa shape index (κ2) is 6.64. The van der Waals surface area contributed by atoms with Crippen LogP contribution in [0, 0.1) is 0 Å². The largest absolute Gasteiger partial charge is 0.366 e. The zero-order chi connectivity index (χ0) is 19.1. The van der Waals surface area contributed by atoms with Gasteiger partial charge in [0.15, 0.2) is 9.84 Å². The average molecular weight is 417 g/mol. The molecule has 0 N–H and O–H groups in total. The summed E-state index contributed by atoms with van der Waals surface area (Å²) in [7, 11) is -3.37. The molecule has 0 fully saturated rings. The fraction of sp³-hybridized carbons (Fsp3) is 0.118. The molecule has 1 heterocycles. The molecule has 1 aromatic heterocycles. The predicted octanol–water partition coefficient (Wildman–Crippen LogP) is 4.88. The van der Waals surface area contributed by atoms with Gasteiger partial charge in [-0.25, -0.2) is 13.1 Å². The highest BCUT2D eigenvalue weighted by Crippen LogP contribution is 2.35. The van der Waals surface area contributed by atoms with Crippen molar-refractivity contribution < 1.29 is 17.2 Å². The Morgan fingerprint density at radius 3 is 2.12 bits per heavy atom. The first kappa shape index (κ1) is 18.8. The molecule has 0 amide bonds. The lowest BCUT2D eigenvalue weighted by atomic mass is 10.1. The number of alkyl halides is 3. The molecule has 26 heavy (non-hydrogen) atoms. The second-order valence-electron chi connectivity index (χ2n) is 5.60. The van der Waals surface area contributed by atoms with Gasteiger partial charge in [-0.1, -0.05) is 23.7 Å². The lowest BCUT2D eigenvalue weighted by molar-refractivity contribution is 0.0895. The lowest BCUT2D eigenvalue weighted by Crippen LogP contribution is -2.06. The molecule has 3 aromatic rings. The molecule has 0 radical (unpaired) electrons. The number of rotatable bonds is 4. The standard InChI is InChI=1S/C17H12Cl2F2N2O2S/c1-26(24,25)14-8-6-13(7-9-14)23-15(10-16(22-23)17(19,20)21)11-2-4-12(18)5-3-11/h2-10H,1H3. The van der Waals surface area contributed by atoms with Crippen LogP contribution < -0.4 is 0 Å². The Balaban J connectivity index is 2.16. The van der Waals surface area contributed by atoms with Crippen LogP contribution in [-0.2, 0) is 15.2 Å². The number of sulfone groups is 1. The van der Waals surface area contributed by atoms with E-state index in [-0.39, 0.29) is 4.90 Å². The Bertz CT molecular complexity index is 1040. The van der Waals surface area contributed by atoms with Crippen LogP contribution >= 0.6 is 23.2 Å². The first-order valence-corrected chi connectivity index (χ1v) is 9.94. The maximum Gasteiger partial charge on any atom is 0.366 e. The number of hydrogen-bond donors (Lipinski definition) is 0. The molecule has 0 saturated heterocycles. The van der Waals surface area contributed by atoms with E-state index in [0.717, 1.165) is 6.26 Å². The molecule has 0 bridgehead atoms. The molecule has 2 aromatic carbocycles. The Labute approximate surface area is 158 Å². The third kappa shape index (κ3) is 3.90. The normalized spacial score (nSPS) is 12.3. The second-order valence-corrected chi connectivity index (χ2v) is 8.52. The van der Waals surface area contributed by atoms with Gasteiger partial charge in [-0.15, -0.1) is 0 Å². The minimum atomic E-state index is -3.64. The van der Waals surface area contributed by atoms with Crippen molar-refractivity contribution in [3.63, 3.8) is 0 Å². The first-order chi connectivity index (χ1) is 12.1. The number of aromatic nitrogens is 2. The summed E-state index contributed by atoms with van der Waals surface area (Å²) >= 11 is 11.0. The van der Waals surface area contributed by atoms with Crippen molar-refractivity contribution in [1.82, 2.24) is 9.78 Å². The third-order valence-corrected chi connectivity index (χ3v) is 5.22. The highest BCUT2D eigenvalue weighted by molar-refractivity contribution is 7.90. The molecule has 0 aliphatic heterocycles. The summed E-state index contributed by atoms with van der Waals surface area (Å²) < 4.78 is 51.6. The number of hydrogen-bond acceptors (Lipinski definition) is 3. The Hall–Kier alpha value is -1.96. The van der Waals surface area contributed by atoms with Crippen molar-refractivity contribution in [1.29, 1.82) is 0 Å². The van der Waals surface area contributed by atoms with E-state index >= 15 is 0 Å². The van der Waals surface area contributed by atoms with Crippen LogP contribution in [0.4, 0.5) is 8.78 Å². The smallest absolute Gasteiger partial charge is 0.233 e. The van der Waals surface area contributed by atoms with E-state index in [1.807, 2.05) is 0 Å². The maximum atomic E-state index is 13.6. The summed E-state index contributed by atoms with van der Waals surface area (Å²) in [4.78, 5) is 0.115. The summed E-state index contributed by atoms with van der Waals surface area (Å²) in [5.41, 5.74) is 0.760. The zero-order valence-corrected chi connectivity index (χ0v) is 15.7. The molecule has 136 valence electrons. The van der Waals surface area contributed by atoms with Gasteiger partial charge in [0.2, 0.25) is 0 Å². The van der Waals surface area contributed by atoms with Crippen LogP contribution in [0.5, 0.6) is 0 Å². The summed E-state index contributed by atoms with van der Waals surface area (Å²) in [6, 6.07) is 13.5. The van der Waals surface area contributed by atoms with Crippen molar-refractivity contribution in [2.45, 2.75) is 10.3 Å². The van der Waals surface area contributed by atoms with Crippen molar-refractivity contribution in [2.24, 2.45) is 0 Å². The quantitative estimate of drug-likeness (QED) is 0.569. The van der Waals surface area contributed by atoms with Crippen LogP contribution in [0.2, 0.25) is 5.02 Å². The van der Waals surface area contributed by atoms with Gasteiger partial charge >= 0.3 is 5.38 Å². The van der Waals surface area contributed by atoms with Crippen molar-refractivity contribution >= 4 is 33.0 Å². The SMILES string of the molecule is CS(=O)(=O)c1ccc(-n2nc(C(F)(F)Cl)cc2-c2ccc(Cl)cc2)cc1. The van der Waals surface area contributed by atoms with E-state index in [2.05, 4.69) is 5.10 Å². The van der Waals surface area contributed by atoms with Crippen LogP contribution in [0.15, 0.2) is 59.5 Å². The molecule has 9 heteroatoms. The molecular formula is C17H12Cl2F2N2O2S. The highest BCUT2D eigenvalue weighted by atomic mass is 35.5. The average Bonchev–Trinajstić information content (AvgIpc) is 3.00. The summed E-state index contributed by atoms with van der Waals surface area (Å²) in [5.74, 6) is 0. The zero-order valence-electron chi connectivity index (χ0n) is 13.3. The van der Waals surface area contributed by atoms with Crippen molar-refractivity contribution in [2.75, 3.05) is 6.26 Å². The molecule has 3 rings (SSSR count). The number of nitrogens with zero attached hydrogens (tertiary/aromatic N) is 2. The highest BCUT2D eigenvalue weighted by Gasteiger charge is 2.32. The molecule has 0 saturated carbocycles. The Morgan fingerprint density at radius 2 is 1.62 bits per heavy atom. The van der Waals surface area contributed by atoms with Crippen LogP contribution in [-0.4, -0.2) is 24.5 Å². The van der Waals surface area contributed by atoms with Gasteiger partial charge in [-0.05, 0) is 54.1 Å². The van der Waals surface area contributed by atoms with Crippen molar-refractivity contribution in [3.8, 4) is 16.9 Å². The molecule has 0 unspecified atom stereocenters. The van der Waals surface area contributed by atoms with Gasteiger partial charge in [-0.2, -0.15) is 13.9 Å². The molecule has 0 aliphatic rings. The fourth-order valence-electron chi connectivity index (χ4n) is 2.38. The third-order valence-electron chi connectivity index (χ3n) is 3.65. The van der Waals surface area contributed by atoms with Gasteiger partial charge < -0.3 is 0 Å². The monoisotopic (exact) mass is 416 g/mol. The minimum absolute atomic E-state index is 0.115. The van der Waals surface area contributed by atoms with Gasteiger partial charge in [-0.3, -0.25) is 0 Å². The predicted molar refractivity (Wildman–Crippen MR) is 96.9 cm³/mol. The van der Waals surface area contributed by atoms with E-state index in [1.54, 1.807) is 24.3 Å². The molecule has 4 nitrogen and oxygen atoms in total. The molecular weight excluding hydrogens is 405 g/mol. The van der Waals surface area contributed by atoms with Crippen molar-refractivity contribution in [3.05, 3.63) is 65.3 Å².